The molecular formula is C21H20N4O3S. The molecule has 3 aromatic rings. The van der Waals surface area contributed by atoms with Crippen molar-refractivity contribution >= 4 is 28.8 Å². The van der Waals surface area contributed by atoms with Crippen molar-refractivity contribution in [1.82, 2.24) is 15.3 Å². The highest BCUT2D eigenvalue weighted by atomic mass is 32.1. The lowest BCUT2D eigenvalue weighted by atomic mass is 10.2. The average molecular weight is 408 g/mol. The minimum Gasteiger partial charge on any atom is -0.490 e. The summed E-state index contributed by atoms with van der Waals surface area (Å²) >= 11 is 1.49. The van der Waals surface area contributed by atoms with Crippen molar-refractivity contribution in [2.45, 2.75) is 19.4 Å². The Labute approximate surface area is 172 Å². The number of pyridine rings is 1. The fourth-order valence-corrected chi connectivity index (χ4v) is 3.84. The second-order valence-corrected chi connectivity index (χ2v) is 7.44. The van der Waals surface area contributed by atoms with Gasteiger partial charge < -0.3 is 15.0 Å². The van der Waals surface area contributed by atoms with Crippen LogP contribution in [0.3, 0.4) is 0 Å². The second-order valence-electron chi connectivity index (χ2n) is 6.50. The number of thiazole rings is 1. The molecule has 0 spiro atoms. The number of benzene rings is 1. The van der Waals surface area contributed by atoms with Crippen molar-refractivity contribution < 1.29 is 14.3 Å². The van der Waals surface area contributed by atoms with Gasteiger partial charge in [0.05, 0.1) is 24.5 Å². The molecule has 1 aliphatic rings. The van der Waals surface area contributed by atoms with Gasteiger partial charge in [-0.15, -0.1) is 11.3 Å². The molecule has 2 aromatic heterocycles. The summed E-state index contributed by atoms with van der Waals surface area (Å²) in [4.78, 5) is 35.0. The van der Waals surface area contributed by atoms with Crippen LogP contribution >= 0.6 is 11.3 Å². The molecule has 0 saturated heterocycles. The van der Waals surface area contributed by atoms with Crippen LogP contribution in [0.5, 0.6) is 5.75 Å². The lowest BCUT2D eigenvalue weighted by Gasteiger charge is -2.29. The fraction of sp³-hybridized carbons (Fsp3) is 0.238. The van der Waals surface area contributed by atoms with E-state index in [0.29, 0.717) is 25.4 Å². The first-order valence-corrected chi connectivity index (χ1v) is 10.2. The summed E-state index contributed by atoms with van der Waals surface area (Å²) < 4.78 is 5.57. The number of ether oxygens (including phenoxy) is 1. The lowest BCUT2D eigenvalue weighted by molar-refractivity contribution is -0.125. The van der Waals surface area contributed by atoms with Gasteiger partial charge in [-0.1, -0.05) is 12.1 Å². The molecular weight excluding hydrogens is 388 g/mol. The monoisotopic (exact) mass is 408 g/mol. The summed E-state index contributed by atoms with van der Waals surface area (Å²) in [6, 6.07) is 11.2. The third kappa shape index (κ3) is 4.60. The van der Waals surface area contributed by atoms with Crippen molar-refractivity contribution in [2.75, 3.05) is 18.1 Å². The summed E-state index contributed by atoms with van der Waals surface area (Å²) in [7, 11) is 0. The van der Waals surface area contributed by atoms with Crippen molar-refractivity contribution in [3.8, 4) is 17.0 Å². The fourth-order valence-electron chi connectivity index (χ4n) is 3.09. The molecule has 0 saturated carbocycles. The van der Waals surface area contributed by atoms with Crippen LogP contribution < -0.4 is 15.0 Å². The van der Waals surface area contributed by atoms with Crippen LogP contribution in [0.1, 0.15) is 17.8 Å². The molecule has 1 aromatic carbocycles. The molecule has 148 valence electrons. The number of para-hydroxylation sites is 2. The van der Waals surface area contributed by atoms with Crippen molar-refractivity contribution in [1.29, 1.82) is 0 Å². The van der Waals surface area contributed by atoms with Crippen LogP contribution in [0.15, 0.2) is 54.2 Å². The van der Waals surface area contributed by atoms with E-state index in [1.54, 1.807) is 17.3 Å². The topological polar surface area (TPSA) is 84.4 Å². The van der Waals surface area contributed by atoms with E-state index in [0.717, 1.165) is 22.0 Å². The Morgan fingerprint density at radius 1 is 1.14 bits per heavy atom. The number of carbonyl (C=O) groups is 2. The van der Waals surface area contributed by atoms with E-state index in [1.807, 2.05) is 41.8 Å². The van der Waals surface area contributed by atoms with Gasteiger partial charge in [0, 0.05) is 36.2 Å². The van der Waals surface area contributed by atoms with Gasteiger partial charge in [0.1, 0.15) is 17.4 Å². The Morgan fingerprint density at radius 3 is 2.83 bits per heavy atom. The van der Waals surface area contributed by atoms with Crippen LogP contribution in [0.25, 0.3) is 11.3 Å². The SMILES string of the molecule is O=C(CCC(=O)N1CCOc2ccccc21)NCc1nc(-c2ccncc2)cs1. The molecule has 29 heavy (non-hydrogen) atoms. The number of rotatable bonds is 6. The first-order chi connectivity index (χ1) is 14.2. The third-order valence-electron chi connectivity index (χ3n) is 4.56. The van der Waals surface area contributed by atoms with Gasteiger partial charge in [0.2, 0.25) is 11.8 Å². The molecule has 0 unspecified atom stereocenters. The standard InChI is InChI=1S/C21H20N4O3S/c26-19(23-13-20-24-16(14-29-20)15-7-9-22-10-8-15)5-6-21(27)25-11-12-28-18-4-2-1-3-17(18)25/h1-4,7-10,14H,5-6,11-13H2,(H,23,26). The van der Waals surface area contributed by atoms with Gasteiger partial charge in [-0.3, -0.25) is 14.6 Å². The van der Waals surface area contributed by atoms with Crippen molar-refractivity contribution in [2.24, 2.45) is 0 Å². The van der Waals surface area contributed by atoms with E-state index in [9.17, 15) is 9.59 Å². The molecule has 0 atom stereocenters. The van der Waals surface area contributed by atoms with Gasteiger partial charge in [-0.25, -0.2) is 4.98 Å². The molecule has 7 nitrogen and oxygen atoms in total. The molecule has 0 bridgehead atoms. The van der Waals surface area contributed by atoms with Crippen LogP contribution in [0, 0.1) is 0 Å². The Morgan fingerprint density at radius 2 is 1.97 bits per heavy atom. The van der Waals surface area contributed by atoms with E-state index in [-0.39, 0.29) is 24.7 Å². The molecule has 3 heterocycles. The summed E-state index contributed by atoms with van der Waals surface area (Å²) in [6.45, 7) is 1.30. The zero-order chi connectivity index (χ0) is 20.1. The van der Waals surface area contributed by atoms with E-state index >= 15 is 0 Å². The lowest BCUT2D eigenvalue weighted by Crippen LogP contribution is -2.38. The first kappa shape index (κ1) is 19.1. The molecule has 2 amide bonds. The first-order valence-electron chi connectivity index (χ1n) is 9.34. The molecule has 0 aliphatic carbocycles. The Balaban J connectivity index is 1.27. The zero-order valence-corrected chi connectivity index (χ0v) is 16.5. The van der Waals surface area contributed by atoms with Crippen LogP contribution in [-0.2, 0) is 16.1 Å². The maximum absolute atomic E-state index is 12.6. The predicted octanol–water partition coefficient (Wildman–Crippen LogP) is 3.03. The summed E-state index contributed by atoms with van der Waals surface area (Å²) in [5.74, 6) is 0.455. The smallest absolute Gasteiger partial charge is 0.227 e. The highest BCUT2D eigenvalue weighted by Gasteiger charge is 2.23. The van der Waals surface area contributed by atoms with Gasteiger partial charge >= 0.3 is 0 Å². The zero-order valence-electron chi connectivity index (χ0n) is 15.7. The molecule has 4 rings (SSSR count). The number of aromatic nitrogens is 2. The minimum absolute atomic E-state index is 0.0786. The van der Waals surface area contributed by atoms with Crippen LogP contribution in [-0.4, -0.2) is 34.9 Å². The molecule has 1 aliphatic heterocycles. The van der Waals surface area contributed by atoms with Crippen molar-refractivity contribution in [3.63, 3.8) is 0 Å². The number of fused-ring (bicyclic) bond motifs is 1. The second kappa shape index (κ2) is 8.83. The van der Waals surface area contributed by atoms with Gasteiger partial charge in [0.25, 0.3) is 0 Å². The van der Waals surface area contributed by atoms with Crippen molar-refractivity contribution in [3.05, 3.63) is 59.2 Å². The highest BCUT2D eigenvalue weighted by Crippen LogP contribution is 2.31. The summed E-state index contributed by atoms with van der Waals surface area (Å²) in [5, 5.41) is 5.62. The van der Waals surface area contributed by atoms with Crippen LogP contribution in [0.4, 0.5) is 5.69 Å². The average Bonchev–Trinajstić information content (AvgIpc) is 3.25. The molecule has 8 heteroatoms. The van der Waals surface area contributed by atoms with Crippen LogP contribution in [0.2, 0.25) is 0 Å². The number of anilines is 1. The Hall–Kier alpha value is -3.26. The maximum atomic E-state index is 12.6. The number of hydrogen-bond acceptors (Lipinski definition) is 6. The van der Waals surface area contributed by atoms with Gasteiger partial charge in [0.15, 0.2) is 0 Å². The minimum atomic E-state index is -0.166. The third-order valence-corrected chi connectivity index (χ3v) is 5.41. The molecule has 0 radical (unpaired) electrons. The van der Waals surface area contributed by atoms with Gasteiger partial charge in [-0.05, 0) is 24.3 Å². The number of hydrogen-bond donors (Lipinski definition) is 1. The van der Waals surface area contributed by atoms with E-state index < -0.39 is 0 Å². The highest BCUT2D eigenvalue weighted by molar-refractivity contribution is 7.09. The maximum Gasteiger partial charge on any atom is 0.227 e. The summed E-state index contributed by atoms with van der Waals surface area (Å²) in [5.41, 5.74) is 2.61. The van der Waals surface area contributed by atoms with E-state index in [2.05, 4.69) is 15.3 Å². The largest absolute Gasteiger partial charge is 0.490 e. The number of amides is 2. The molecule has 0 fully saturated rings. The van der Waals surface area contributed by atoms with E-state index in [1.165, 1.54) is 11.3 Å². The van der Waals surface area contributed by atoms with Gasteiger partial charge in [-0.2, -0.15) is 0 Å². The quantitative estimate of drug-likeness (QED) is 0.678. The summed E-state index contributed by atoms with van der Waals surface area (Å²) in [6.07, 6.45) is 3.74. The number of carbonyl (C=O) groups excluding carboxylic acids is 2. The number of nitrogens with zero attached hydrogens (tertiary/aromatic N) is 3. The normalized spacial score (nSPS) is 12.8. The van der Waals surface area contributed by atoms with E-state index in [4.69, 9.17) is 4.74 Å². The Bertz CT molecular complexity index is 1010. The Kier molecular flexibility index (Phi) is 5.81. The number of nitrogens with one attached hydrogen (secondary N) is 1. The molecule has 1 N–H and O–H groups in total. The predicted molar refractivity (Wildman–Crippen MR) is 111 cm³/mol.